The number of benzene rings is 1. The number of hydrogen-bond acceptors (Lipinski definition) is 8. The van der Waals surface area contributed by atoms with Crippen molar-refractivity contribution < 1.29 is 9.59 Å². The molecule has 6 N–H and O–H groups in total. The maximum atomic E-state index is 12.0. The molecule has 1 aromatic carbocycles. The Hall–Kier alpha value is -2.14. The summed E-state index contributed by atoms with van der Waals surface area (Å²) in [4.78, 5) is 32.8. The van der Waals surface area contributed by atoms with Crippen molar-refractivity contribution in [3.8, 4) is 0 Å². The van der Waals surface area contributed by atoms with Crippen LogP contribution in [0, 0.1) is 0 Å². The largest absolute Gasteiger partial charge is 0.318 e. The minimum Gasteiger partial charge on any atom is -0.318 e. The molecule has 0 saturated carbocycles. The van der Waals surface area contributed by atoms with Crippen molar-refractivity contribution in [2.75, 3.05) is 10.6 Å². The van der Waals surface area contributed by atoms with E-state index in [9.17, 15) is 9.59 Å². The molecule has 2 amide bonds. The van der Waals surface area contributed by atoms with Crippen molar-refractivity contribution in [1.29, 1.82) is 0 Å². The topological polar surface area (TPSA) is 136 Å². The molecule has 3 rings (SSSR count). The molecular formula is C16H20N6O2S2. The van der Waals surface area contributed by atoms with Crippen molar-refractivity contribution in [1.82, 2.24) is 9.97 Å². The number of hydrogen-bond donors (Lipinski definition) is 4. The van der Waals surface area contributed by atoms with Crippen LogP contribution < -0.4 is 22.1 Å². The lowest BCUT2D eigenvalue weighted by Crippen LogP contribution is -2.45. The Labute approximate surface area is 158 Å². The van der Waals surface area contributed by atoms with Crippen LogP contribution in [0.4, 0.5) is 10.3 Å². The van der Waals surface area contributed by atoms with Crippen molar-refractivity contribution in [2.24, 2.45) is 11.5 Å². The van der Waals surface area contributed by atoms with E-state index in [4.69, 9.17) is 11.5 Å². The zero-order valence-corrected chi connectivity index (χ0v) is 16.5. The third-order valence-corrected chi connectivity index (χ3v) is 5.38. The molecule has 3 aromatic rings. The van der Waals surface area contributed by atoms with Gasteiger partial charge in [-0.3, -0.25) is 9.59 Å². The molecule has 0 fully saturated rings. The molecule has 0 spiro atoms. The van der Waals surface area contributed by atoms with E-state index in [1.165, 1.54) is 22.7 Å². The number of thiazole rings is 2. The Kier molecular flexibility index (Phi) is 4.47. The first kappa shape index (κ1) is 18.6. The van der Waals surface area contributed by atoms with Crippen LogP contribution >= 0.6 is 22.7 Å². The smallest absolute Gasteiger partial charge is 0.245 e. The molecule has 0 aliphatic carbocycles. The van der Waals surface area contributed by atoms with Gasteiger partial charge in [-0.15, -0.1) is 0 Å². The molecule has 0 aliphatic heterocycles. The van der Waals surface area contributed by atoms with Crippen LogP contribution in [-0.4, -0.2) is 32.9 Å². The minimum absolute atomic E-state index is 0.300. The quantitative estimate of drug-likeness (QED) is 0.538. The van der Waals surface area contributed by atoms with Gasteiger partial charge in [0.15, 0.2) is 10.3 Å². The number of nitrogens with zero attached hydrogens (tertiary/aromatic N) is 2. The van der Waals surface area contributed by atoms with E-state index >= 15 is 0 Å². The molecule has 0 bridgehead atoms. The SMILES string of the molecule is CC(C)(N)C(=O)Nc1nc2cc3nc(NC(=O)C(C)(C)N)sc3cc2s1. The normalized spacial score (nSPS) is 12.5. The highest BCUT2D eigenvalue weighted by atomic mass is 32.1. The van der Waals surface area contributed by atoms with Gasteiger partial charge < -0.3 is 22.1 Å². The van der Waals surface area contributed by atoms with Gasteiger partial charge in [0.2, 0.25) is 11.8 Å². The monoisotopic (exact) mass is 392 g/mol. The van der Waals surface area contributed by atoms with Crippen LogP contribution in [-0.2, 0) is 9.59 Å². The highest BCUT2D eigenvalue weighted by Gasteiger charge is 2.24. The summed E-state index contributed by atoms with van der Waals surface area (Å²) in [5, 5.41) is 6.43. The lowest BCUT2D eigenvalue weighted by molar-refractivity contribution is -0.120. The summed E-state index contributed by atoms with van der Waals surface area (Å²) in [7, 11) is 0. The van der Waals surface area contributed by atoms with Crippen molar-refractivity contribution >= 4 is 65.2 Å². The van der Waals surface area contributed by atoms with Gasteiger partial charge in [0.05, 0.1) is 31.5 Å². The molecule has 0 saturated heterocycles. The highest BCUT2D eigenvalue weighted by Crippen LogP contribution is 2.34. The molecule has 10 heteroatoms. The van der Waals surface area contributed by atoms with E-state index in [0.29, 0.717) is 10.3 Å². The average molecular weight is 393 g/mol. The minimum atomic E-state index is -0.983. The molecule has 0 atom stereocenters. The number of nitrogens with two attached hydrogens (primary N) is 2. The van der Waals surface area contributed by atoms with Gasteiger partial charge in [0.25, 0.3) is 0 Å². The summed E-state index contributed by atoms with van der Waals surface area (Å²) in [6.45, 7) is 6.53. The molecule has 0 aliphatic rings. The second-order valence-corrected chi connectivity index (χ2v) is 9.24. The van der Waals surface area contributed by atoms with E-state index in [2.05, 4.69) is 20.6 Å². The molecule has 0 radical (unpaired) electrons. The zero-order chi connectivity index (χ0) is 19.3. The molecule has 0 unspecified atom stereocenters. The maximum Gasteiger partial charge on any atom is 0.245 e. The van der Waals surface area contributed by atoms with Crippen molar-refractivity contribution in [2.45, 2.75) is 38.8 Å². The number of carbonyl (C=O) groups is 2. The summed E-state index contributed by atoms with van der Waals surface area (Å²) in [5.74, 6) is -0.600. The summed E-state index contributed by atoms with van der Waals surface area (Å²) in [6, 6.07) is 3.76. The first-order valence-electron chi connectivity index (χ1n) is 7.85. The van der Waals surface area contributed by atoms with Gasteiger partial charge in [0.1, 0.15) is 0 Å². The fraction of sp³-hybridized carbons (Fsp3) is 0.375. The Morgan fingerprint density at radius 1 is 0.846 bits per heavy atom. The van der Waals surface area contributed by atoms with Crippen molar-refractivity contribution in [3.05, 3.63) is 12.1 Å². The van der Waals surface area contributed by atoms with Crippen LogP contribution in [0.25, 0.3) is 20.4 Å². The van der Waals surface area contributed by atoms with Gasteiger partial charge >= 0.3 is 0 Å². The summed E-state index contributed by atoms with van der Waals surface area (Å²) >= 11 is 2.71. The Balaban J connectivity index is 1.89. The van der Waals surface area contributed by atoms with E-state index in [0.717, 1.165) is 20.4 Å². The van der Waals surface area contributed by atoms with E-state index < -0.39 is 11.1 Å². The predicted molar refractivity (Wildman–Crippen MR) is 107 cm³/mol. The standard InChI is InChI=1S/C16H20N6O2S2/c1-15(2,17)11(23)21-13-19-7-5-8-10(6-9(7)25-13)26-14(20-8)22-12(24)16(3,4)18/h5-6H,17-18H2,1-4H3,(H,19,21,23)(H,20,22,24). The Morgan fingerprint density at radius 2 is 1.23 bits per heavy atom. The fourth-order valence-corrected chi connectivity index (χ4v) is 3.81. The van der Waals surface area contributed by atoms with Gasteiger partial charge in [0, 0.05) is 0 Å². The van der Waals surface area contributed by atoms with Crippen LogP contribution in [0.5, 0.6) is 0 Å². The van der Waals surface area contributed by atoms with Crippen LogP contribution in [0.15, 0.2) is 12.1 Å². The average Bonchev–Trinajstić information content (AvgIpc) is 3.03. The van der Waals surface area contributed by atoms with Crippen LogP contribution in [0.1, 0.15) is 27.7 Å². The second-order valence-electron chi connectivity index (χ2n) is 7.18. The number of rotatable bonds is 4. The predicted octanol–water partition coefficient (Wildman–Crippen LogP) is 2.26. The maximum absolute atomic E-state index is 12.0. The molecule has 2 aromatic heterocycles. The van der Waals surface area contributed by atoms with E-state index in [-0.39, 0.29) is 11.8 Å². The zero-order valence-electron chi connectivity index (χ0n) is 14.8. The van der Waals surface area contributed by atoms with Gasteiger partial charge in [-0.1, -0.05) is 22.7 Å². The Bertz CT molecular complexity index is 881. The molecule has 138 valence electrons. The first-order valence-corrected chi connectivity index (χ1v) is 9.48. The number of anilines is 2. The molecule has 2 heterocycles. The number of amides is 2. The van der Waals surface area contributed by atoms with Crippen molar-refractivity contribution in [3.63, 3.8) is 0 Å². The van der Waals surface area contributed by atoms with E-state index in [1.807, 2.05) is 12.1 Å². The Morgan fingerprint density at radius 3 is 1.58 bits per heavy atom. The van der Waals surface area contributed by atoms with Crippen LogP contribution in [0.2, 0.25) is 0 Å². The lowest BCUT2D eigenvalue weighted by atomic mass is 10.1. The van der Waals surface area contributed by atoms with Gasteiger partial charge in [-0.25, -0.2) is 9.97 Å². The third kappa shape index (κ3) is 3.83. The lowest BCUT2D eigenvalue weighted by Gasteiger charge is -2.16. The molecule has 8 nitrogen and oxygen atoms in total. The van der Waals surface area contributed by atoms with Crippen LogP contribution in [0.3, 0.4) is 0 Å². The van der Waals surface area contributed by atoms with Gasteiger partial charge in [-0.2, -0.15) is 0 Å². The highest BCUT2D eigenvalue weighted by molar-refractivity contribution is 7.24. The summed E-state index contributed by atoms with van der Waals surface area (Å²) in [5.41, 5.74) is 11.0. The molecule has 26 heavy (non-hydrogen) atoms. The number of aromatic nitrogens is 2. The van der Waals surface area contributed by atoms with E-state index in [1.54, 1.807) is 27.7 Å². The third-order valence-electron chi connectivity index (χ3n) is 3.51. The summed E-state index contributed by atoms with van der Waals surface area (Å²) < 4.78 is 1.81. The second kappa shape index (κ2) is 6.23. The summed E-state index contributed by atoms with van der Waals surface area (Å²) in [6.07, 6.45) is 0. The first-order chi connectivity index (χ1) is 11.9. The molecular weight excluding hydrogens is 372 g/mol. The fourth-order valence-electron chi connectivity index (χ4n) is 1.97. The number of carbonyl (C=O) groups excluding carboxylic acids is 2. The van der Waals surface area contributed by atoms with Gasteiger partial charge in [-0.05, 0) is 39.8 Å². The number of fused-ring (bicyclic) bond motifs is 2. The number of nitrogens with one attached hydrogen (secondary N) is 2.